The highest BCUT2D eigenvalue weighted by Crippen LogP contribution is 2.58. The van der Waals surface area contributed by atoms with E-state index in [0.717, 1.165) is 6.42 Å². The van der Waals surface area contributed by atoms with Crippen molar-refractivity contribution in [1.82, 2.24) is 0 Å². The number of fused-ring (bicyclic) bond motifs is 8. The van der Waals surface area contributed by atoms with Gasteiger partial charge in [0.25, 0.3) is 0 Å². The van der Waals surface area contributed by atoms with E-state index in [2.05, 4.69) is 97.1 Å². The Kier molecular flexibility index (Phi) is 3.18. The molecule has 1 heterocycles. The summed E-state index contributed by atoms with van der Waals surface area (Å²) in [5.41, 5.74) is 8.33. The predicted octanol–water partition coefficient (Wildman–Crippen LogP) is 6.44. The van der Waals surface area contributed by atoms with Gasteiger partial charge in [-0.05, 0) is 51.9 Å². The van der Waals surface area contributed by atoms with Crippen molar-refractivity contribution in [1.29, 1.82) is 0 Å². The first-order chi connectivity index (χ1) is 13.4. The van der Waals surface area contributed by atoms with E-state index in [9.17, 15) is 0 Å². The van der Waals surface area contributed by atoms with Gasteiger partial charge in [-0.3, -0.25) is 0 Å². The minimum absolute atomic E-state index is 0.232. The first-order valence-corrected chi connectivity index (χ1v) is 10.2. The van der Waals surface area contributed by atoms with E-state index in [1.807, 2.05) is 11.8 Å². The Morgan fingerprint density at radius 3 is 1.41 bits per heavy atom. The molecular weight excluding hydrogens is 344 g/mol. The second kappa shape index (κ2) is 5.61. The number of benzene rings is 4. The summed E-state index contributed by atoms with van der Waals surface area (Å²) < 4.78 is 0. The molecule has 1 aliphatic heterocycles. The molecule has 2 aliphatic rings. The third kappa shape index (κ3) is 1.95. The molecule has 0 saturated heterocycles. The van der Waals surface area contributed by atoms with Crippen LogP contribution in [-0.4, -0.2) is 0 Å². The average molecular weight is 362 g/mol. The molecule has 0 fully saturated rings. The monoisotopic (exact) mass is 362 g/mol. The Bertz CT molecular complexity index is 998. The Labute approximate surface area is 163 Å². The van der Waals surface area contributed by atoms with Crippen LogP contribution in [0.15, 0.2) is 107 Å². The Morgan fingerprint density at radius 1 is 0.481 bits per heavy atom. The SMILES string of the molecule is c1ccc2c(c1)Cc1ccccc1C21c2ccccc2Sc2ccccc21. The molecule has 0 radical (unpaired) electrons. The number of rotatable bonds is 0. The van der Waals surface area contributed by atoms with E-state index in [0.29, 0.717) is 0 Å². The molecule has 0 N–H and O–H groups in total. The normalized spacial score (nSPS) is 15.4. The molecule has 4 aromatic rings. The van der Waals surface area contributed by atoms with Crippen LogP contribution in [0, 0.1) is 0 Å². The minimum Gasteiger partial charge on any atom is -0.0894 e. The van der Waals surface area contributed by atoms with Crippen molar-refractivity contribution in [2.75, 3.05) is 0 Å². The Balaban J connectivity index is 1.85. The van der Waals surface area contributed by atoms with Gasteiger partial charge in [0, 0.05) is 9.79 Å². The zero-order valence-corrected chi connectivity index (χ0v) is 15.7. The molecule has 1 aliphatic carbocycles. The third-order valence-corrected chi connectivity index (χ3v) is 7.18. The molecular formula is C26H18S. The standard InChI is InChI=1S/C26H18S/c1-3-11-20-18(9-1)17-19-10-2-4-12-21(19)26(20)22-13-5-7-15-24(22)27-25-16-8-6-14-23(25)26/h1-16H,17H2. The van der Waals surface area contributed by atoms with Crippen molar-refractivity contribution < 1.29 is 0 Å². The molecule has 0 nitrogen and oxygen atoms in total. The van der Waals surface area contributed by atoms with Gasteiger partial charge in [0.1, 0.15) is 0 Å². The summed E-state index contributed by atoms with van der Waals surface area (Å²) in [5, 5.41) is 0. The van der Waals surface area contributed by atoms with E-state index >= 15 is 0 Å². The molecule has 1 spiro atoms. The summed E-state index contributed by atoms with van der Waals surface area (Å²) in [6.07, 6.45) is 1.01. The molecule has 0 aromatic heterocycles. The fourth-order valence-corrected chi connectivity index (χ4v) is 6.20. The maximum atomic E-state index is 2.34. The number of hydrogen-bond donors (Lipinski definition) is 0. The second-order valence-corrected chi connectivity index (χ2v) is 8.42. The predicted molar refractivity (Wildman–Crippen MR) is 112 cm³/mol. The van der Waals surface area contributed by atoms with Crippen LogP contribution in [0.4, 0.5) is 0 Å². The maximum absolute atomic E-state index is 2.34. The summed E-state index contributed by atoms with van der Waals surface area (Å²) >= 11 is 1.90. The minimum atomic E-state index is -0.232. The topological polar surface area (TPSA) is 0 Å². The van der Waals surface area contributed by atoms with E-state index in [-0.39, 0.29) is 5.41 Å². The highest BCUT2D eigenvalue weighted by Gasteiger charge is 2.47. The summed E-state index contributed by atoms with van der Waals surface area (Å²) in [5.74, 6) is 0. The lowest BCUT2D eigenvalue weighted by atomic mass is 9.59. The van der Waals surface area contributed by atoms with Gasteiger partial charge in [0.2, 0.25) is 0 Å². The molecule has 0 bridgehead atoms. The van der Waals surface area contributed by atoms with E-state index in [1.165, 1.54) is 43.2 Å². The van der Waals surface area contributed by atoms with Gasteiger partial charge in [-0.2, -0.15) is 0 Å². The lowest BCUT2D eigenvalue weighted by Crippen LogP contribution is -2.38. The molecule has 0 amide bonds. The second-order valence-electron chi connectivity index (χ2n) is 7.34. The largest absolute Gasteiger partial charge is 0.0894 e. The van der Waals surface area contributed by atoms with Gasteiger partial charge in [0.05, 0.1) is 5.41 Å². The van der Waals surface area contributed by atoms with E-state index in [4.69, 9.17) is 0 Å². The van der Waals surface area contributed by atoms with Gasteiger partial charge >= 0.3 is 0 Å². The average Bonchev–Trinajstić information content (AvgIpc) is 2.73. The smallest absolute Gasteiger partial charge is 0.0728 e. The molecule has 0 atom stereocenters. The molecule has 4 aromatic carbocycles. The first kappa shape index (κ1) is 15.3. The molecule has 1 heteroatoms. The summed E-state index contributed by atoms with van der Waals surface area (Å²) in [4.78, 5) is 2.73. The molecule has 6 rings (SSSR count). The molecule has 0 unspecified atom stereocenters. The van der Waals surface area contributed by atoms with Gasteiger partial charge in [-0.1, -0.05) is 96.7 Å². The van der Waals surface area contributed by atoms with Crippen LogP contribution >= 0.6 is 11.8 Å². The van der Waals surface area contributed by atoms with Crippen LogP contribution in [0.25, 0.3) is 0 Å². The first-order valence-electron chi connectivity index (χ1n) is 9.42. The van der Waals surface area contributed by atoms with Gasteiger partial charge in [-0.25, -0.2) is 0 Å². The van der Waals surface area contributed by atoms with Crippen molar-refractivity contribution in [3.05, 3.63) is 130 Å². The highest BCUT2D eigenvalue weighted by atomic mass is 32.2. The van der Waals surface area contributed by atoms with Crippen LogP contribution in [0.3, 0.4) is 0 Å². The maximum Gasteiger partial charge on any atom is 0.0728 e. The molecule has 27 heavy (non-hydrogen) atoms. The summed E-state index contributed by atoms with van der Waals surface area (Å²) in [6.45, 7) is 0. The lowest BCUT2D eigenvalue weighted by molar-refractivity contribution is 0.669. The van der Waals surface area contributed by atoms with Crippen LogP contribution < -0.4 is 0 Å². The van der Waals surface area contributed by atoms with Gasteiger partial charge in [-0.15, -0.1) is 0 Å². The summed E-state index contributed by atoms with van der Waals surface area (Å²) in [7, 11) is 0. The van der Waals surface area contributed by atoms with Crippen LogP contribution in [0.2, 0.25) is 0 Å². The van der Waals surface area contributed by atoms with Crippen molar-refractivity contribution in [3.8, 4) is 0 Å². The number of hydrogen-bond acceptors (Lipinski definition) is 1. The molecule has 128 valence electrons. The van der Waals surface area contributed by atoms with Crippen molar-refractivity contribution >= 4 is 11.8 Å². The summed E-state index contributed by atoms with van der Waals surface area (Å²) in [6, 6.07) is 36.0. The van der Waals surface area contributed by atoms with E-state index in [1.54, 1.807) is 0 Å². The lowest BCUT2D eigenvalue weighted by Gasteiger charge is -2.46. The van der Waals surface area contributed by atoms with E-state index < -0.39 is 0 Å². The fraction of sp³-hybridized carbons (Fsp3) is 0.0769. The fourth-order valence-electron chi connectivity index (χ4n) is 5.01. The van der Waals surface area contributed by atoms with Gasteiger partial charge in [0.15, 0.2) is 0 Å². The highest BCUT2D eigenvalue weighted by molar-refractivity contribution is 7.99. The van der Waals surface area contributed by atoms with Crippen LogP contribution in [0.1, 0.15) is 33.4 Å². The zero-order chi connectivity index (χ0) is 17.8. The van der Waals surface area contributed by atoms with Crippen LogP contribution in [0.5, 0.6) is 0 Å². The Hall–Kier alpha value is -2.77. The molecule has 0 saturated carbocycles. The van der Waals surface area contributed by atoms with Crippen molar-refractivity contribution in [3.63, 3.8) is 0 Å². The van der Waals surface area contributed by atoms with Crippen LogP contribution in [-0.2, 0) is 11.8 Å². The third-order valence-electron chi connectivity index (χ3n) is 6.03. The quantitative estimate of drug-likeness (QED) is 0.300. The zero-order valence-electron chi connectivity index (χ0n) is 14.9. The van der Waals surface area contributed by atoms with Gasteiger partial charge < -0.3 is 0 Å². The van der Waals surface area contributed by atoms with Crippen molar-refractivity contribution in [2.24, 2.45) is 0 Å². The van der Waals surface area contributed by atoms with Crippen molar-refractivity contribution in [2.45, 2.75) is 21.6 Å². The Morgan fingerprint density at radius 2 is 0.889 bits per heavy atom.